The van der Waals surface area contributed by atoms with Crippen molar-refractivity contribution in [3.8, 4) is 5.75 Å². The maximum Gasteiger partial charge on any atom is 0.122 e. The molecule has 18 heavy (non-hydrogen) atoms. The Hall–Kier alpha value is -1.02. The van der Waals surface area contributed by atoms with Gasteiger partial charge in [-0.25, -0.2) is 0 Å². The van der Waals surface area contributed by atoms with Gasteiger partial charge in [-0.15, -0.1) is 0 Å². The van der Waals surface area contributed by atoms with Crippen molar-refractivity contribution in [3.63, 3.8) is 0 Å². The van der Waals surface area contributed by atoms with Gasteiger partial charge in [-0.2, -0.15) is 0 Å². The summed E-state index contributed by atoms with van der Waals surface area (Å²) in [6.45, 7) is 4.18. The highest BCUT2D eigenvalue weighted by Gasteiger charge is 2.21. The molecule has 1 aromatic rings. The molecular formula is C16H23NO. The van der Waals surface area contributed by atoms with Crippen molar-refractivity contribution >= 4 is 0 Å². The van der Waals surface area contributed by atoms with Crippen LogP contribution in [0.3, 0.4) is 0 Å². The zero-order valence-electron chi connectivity index (χ0n) is 11.2. The summed E-state index contributed by atoms with van der Waals surface area (Å²) in [6, 6.07) is 7.27. The van der Waals surface area contributed by atoms with Crippen molar-refractivity contribution in [2.75, 3.05) is 6.61 Å². The van der Waals surface area contributed by atoms with Crippen LogP contribution in [0.4, 0.5) is 0 Å². The van der Waals surface area contributed by atoms with Gasteiger partial charge in [-0.3, -0.25) is 0 Å². The van der Waals surface area contributed by atoms with E-state index < -0.39 is 0 Å². The van der Waals surface area contributed by atoms with Crippen molar-refractivity contribution in [1.29, 1.82) is 0 Å². The molecule has 1 aromatic carbocycles. The molecule has 2 heteroatoms. The zero-order valence-corrected chi connectivity index (χ0v) is 11.2. The number of fused-ring (bicyclic) bond motifs is 1. The molecule has 98 valence electrons. The SMILES string of the molecule is CC(NCc1ccc2c(c1)CCO2)C1CCCC1. The number of hydrogen-bond donors (Lipinski definition) is 1. The highest BCUT2D eigenvalue weighted by Crippen LogP contribution is 2.28. The monoisotopic (exact) mass is 245 g/mol. The molecule has 3 rings (SSSR count). The Labute approximate surface area is 110 Å². The normalized spacial score (nSPS) is 20.7. The van der Waals surface area contributed by atoms with E-state index in [1.165, 1.54) is 36.8 Å². The summed E-state index contributed by atoms with van der Waals surface area (Å²) in [5.41, 5.74) is 2.77. The van der Waals surface area contributed by atoms with E-state index in [1.807, 2.05) is 0 Å². The third-order valence-corrected chi connectivity index (χ3v) is 4.49. The first-order valence-corrected chi connectivity index (χ1v) is 7.31. The van der Waals surface area contributed by atoms with E-state index in [1.54, 1.807) is 0 Å². The van der Waals surface area contributed by atoms with Crippen molar-refractivity contribution in [2.45, 2.75) is 51.6 Å². The van der Waals surface area contributed by atoms with Crippen molar-refractivity contribution in [1.82, 2.24) is 5.32 Å². The quantitative estimate of drug-likeness (QED) is 0.879. The summed E-state index contributed by atoms with van der Waals surface area (Å²) in [5, 5.41) is 3.69. The highest BCUT2D eigenvalue weighted by molar-refractivity contribution is 5.39. The average Bonchev–Trinajstić information content (AvgIpc) is 3.05. The predicted octanol–water partition coefficient (Wildman–Crippen LogP) is 3.29. The van der Waals surface area contributed by atoms with Gasteiger partial charge in [0, 0.05) is 19.0 Å². The number of nitrogens with one attached hydrogen (secondary N) is 1. The molecule has 0 radical (unpaired) electrons. The van der Waals surface area contributed by atoms with Gasteiger partial charge < -0.3 is 10.1 Å². The van der Waals surface area contributed by atoms with Crippen LogP contribution in [0.25, 0.3) is 0 Å². The van der Waals surface area contributed by atoms with Gasteiger partial charge in [0.1, 0.15) is 5.75 Å². The van der Waals surface area contributed by atoms with Gasteiger partial charge in [-0.05, 0) is 42.9 Å². The van der Waals surface area contributed by atoms with E-state index in [0.29, 0.717) is 6.04 Å². The molecular weight excluding hydrogens is 222 g/mol. The topological polar surface area (TPSA) is 21.3 Å². The average molecular weight is 245 g/mol. The minimum Gasteiger partial charge on any atom is -0.493 e. The molecule has 0 aromatic heterocycles. The molecule has 1 aliphatic carbocycles. The first-order chi connectivity index (χ1) is 8.83. The Morgan fingerprint density at radius 2 is 2.17 bits per heavy atom. The lowest BCUT2D eigenvalue weighted by Gasteiger charge is -2.20. The van der Waals surface area contributed by atoms with E-state index in [4.69, 9.17) is 4.74 Å². The summed E-state index contributed by atoms with van der Waals surface area (Å²) in [7, 11) is 0. The second-order valence-corrected chi connectivity index (χ2v) is 5.75. The number of ether oxygens (including phenoxy) is 1. The van der Waals surface area contributed by atoms with Crippen molar-refractivity contribution < 1.29 is 4.74 Å². The van der Waals surface area contributed by atoms with Crippen molar-refractivity contribution in [3.05, 3.63) is 29.3 Å². The molecule has 0 spiro atoms. The van der Waals surface area contributed by atoms with Crippen LogP contribution in [0.15, 0.2) is 18.2 Å². The fraction of sp³-hybridized carbons (Fsp3) is 0.625. The second kappa shape index (κ2) is 5.31. The number of benzene rings is 1. The van der Waals surface area contributed by atoms with E-state index in [-0.39, 0.29) is 0 Å². The lowest BCUT2D eigenvalue weighted by molar-refractivity contribution is 0.356. The van der Waals surface area contributed by atoms with Crippen LogP contribution >= 0.6 is 0 Å². The fourth-order valence-electron chi connectivity index (χ4n) is 3.25. The molecule has 1 fully saturated rings. The number of hydrogen-bond acceptors (Lipinski definition) is 2. The standard InChI is InChI=1S/C16H23NO/c1-12(14-4-2-3-5-14)17-11-13-6-7-16-15(10-13)8-9-18-16/h6-7,10,12,14,17H,2-5,8-9,11H2,1H3. The second-order valence-electron chi connectivity index (χ2n) is 5.75. The number of rotatable bonds is 4. The minimum absolute atomic E-state index is 0.650. The summed E-state index contributed by atoms with van der Waals surface area (Å²) in [4.78, 5) is 0. The van der Waals surface area contributed by atoms with Crippen LogP contribution in [0.1, 0.15) is 43.7 Å². The van der Waals surface area contributed by atoms with Crippen LogP contribution < -0.4 is 10.1 Å². The fourth-order valence-corrected chi connectivity index (χ4v) is 3.25. The molecule has 1 aliphatic heterocycles. The van der Waals surface area contributed by atoms with E-state index in [2.05, 4.69) is 30.4 Å². The minimum atomic E-state index is 0.650. The Bertz CT molecular complexity index is 410. The molecule has 1 unspecified atom stereocenters. The van der Waals surface area contributed by atoms with Crippen LogP contribution in [-0.4, -0.2) is 12.6 Å². The van der Waals surface area contributed by atoms with Gasteiger partial charge in [0.15, 0.2) is 0 Å². The van der Waals surface area contributed by atoms with Gasteiger partial charge in [-0.1, -0.05) is 25.0 Å². The first kappa shape index (κ1) is 12.0. The first-order valence-electron chi connectivity index (χ1n) is 7.31. The lowest BCUT2D eigenvalue weighted by Crippen LogP contribution is -2.31. The Morgan fingerprint density at radius 1 is 1.33 bits per heavy atom. The molecule has 1 atom stereocenters. The smallest absolute Gasteiger partial charge is 0.122 e. The van der Waals surface area contributed by atoms with E-state index in [9.17, 15) is 0 Å². The maximum atomic E-state index is 5.54. The van der Waals surface area contributed by atoms with E-state index in [0.717, 1.165) is 31.2 Å². The largest absolute Gasteiger partial charge is 0.493 e. The molecule has 0 saturated heterocycles. The summed E-state index contributed by atoms with van der Waals surface area (Å²) in [5.74, 6) is 1.98. The summed E-state index contributed by atoms with van der Waals surface area (Å²) in [6.07, 6.45) is 6.74. The summed E-state index contributed by atoms with van der Waals surface area (Å²) >= 11 is 0. The van der Waals surface area contributed by atoms with Crippen molar-refractivity contribution in [2.24, 2.45) is 5.92 Å². The van der Waals surface area contributed by atoms with Gasteiger partial charge in [0.25, 0.3) is 0 Å². The molecule has 0 bridgehead atoms. The predicted molar refractivity (Wildman–Crippen MR) is 73.9 cm³/mol. The maximum absolute atomic E-state index is 5.54. The zero-order chi connectivity index (χ0) is 12.4. The Balaban J connectivity index is 1.56. The van der Waals surface area contributed by atoms with Crippen LogP contribution in [-0.2, 0) is 13.0 Å². The van der Waals surface area contributed by atoms with Gasteiger partial charge in [0.2, 0.25) is 0 Å². The van der Waals surface area contributed by atoms with Gasteiger partial charge >= 0.3 is 0 Å². The summed E-state index contributed by atoms with van der Waals surface area (Å²) < 4.78 is 5.54. The molecule has 2 aliphatic rings. The van der Waals surface area contributed by atoms with E-state index >= 15 is 0 Å². The molecule has 1 saturated carbocycles. The molecule has 0 amide bonds. The lowest BCUT2D eigenvalue weighted by atomic mass is 9.99. The molecule has 1 N–H and O–H groups in total. The van der Waals surface area contributed by atoms with Crippen LogP contribution in [0.2, 0.25) is 0 Å². The Morgan fingerprint density at radius 3 is 3.00 bits per heavy atom. The third kappa shape index (κ3) is 2.54. The third-order valence-electron chi connectivity index (χ3n) is 4.49. The molecule has 1 heterocycles. The van der Waals surface area contributed by atoms with Crippen LogP contribution in [0, 0.1) is 5.92 Å². The van der Waals surface area contributed by atoms with Crippen LogP contribution in [0.5, 0.6) is 5.75 Å². The Kier molecular flexibility index (Phi) is 3.55. The highest BCUT2D eigenvalue weighted by atomic mass is 16.5. The van der Waals surface area contributed by atoms with Gasteiger partial charge in [0.05, 0.1) is 6.61 Å². The molecule has 2 nitrogen and oxygen atoms in total.